The van der Waals surface area contributed by atoms with E-state index in [1.807, 2.05) is 11.8 Å². The van der Waals surface area contributed by atoms with Gasteiger partial charge in [0.25, 0.3) is 0 Å². The van der Waals surface area contributed by atoms with Crippen molar-refractivity contribution in [2.75, 3.05) is 26.3 Å². The topological polar surface area (TPSA) is 65.4 Å². The lowest BCUT2D eigenvalue weighted by atomic mass is 10.3. The van der Waals surface area contributed by atoms with Gasteiger partial charge in [0, 0.05) is 19.5 Å². The van der Waals surface area contributed by atoms with Crippen molar-refractivity contribution in [3.8, 4) is 0 Å². The molecule has 0 unspecified atom stereocenters. The van der Waals surface area contributed by atoms with Gasteiger partial charge in [-0.2, -0.15) is 0 Å². The molecule has 0 bridgehead atoms. The standard InChI is InChI=1S/C9H17N3O2/c1-2-3-8(13)11-9(10)12-4-6-14-7-5-12/h2-7H2,1H3,(H2,10,11,13). The minimum absolute atomic E-state index is 0.0796. The first kappa shape index (κ1) is 11.0. The molecule has 14 heavy (non-hydrogen) atoms. The predicted molar refractivity (Wildman–Crippen MR) is 53.2 cm³/mol. The van der Waals surface area contributed by atoms with E-state index in [4.69, 9.17) is 10.1 Å². The van der Waals surface area contributed by atoms with Crippen LogP contribution in [0.2, 0.25) is 0 Å². The zero-order valence-corrected chi connectivity index (χ0v) is 8.51. The molecule has 1 fully saturated rings. The summed E-state index contributed by atoms with van der Waals surface area (Å²) in [6, 6.07) is 0. The van der Waals surface area contributed by atoms with Crippen LogP contribution in [0.15, 0.2) is 0 Å². The quantitative estimate of drug-likeness (QED) is 0.492. The van der Waals surface area contributed by atoms with Gasteiger partial charge in [-0.15, -0.1) is 0 Å². The third kappa shape index (κ3) is 3.33. The first-order chi connectivity index (χ1) is 6.74. The number of hydrogen-bond acceptors (Lipinski definition) is 3. The van der Waals surface area contributed by atoms with Gasteiger partial charge in [0.15, 0.2) is 5.96 Å². The number of guanidine groups is 1. The minimum atomic E-state index is -0.0796. The molecule has 1 aliphatic rings. The van der Waals surface area contributed by atoms with E-state index in [0.717, 1.165) is 6.42 Å². The molecule has 0 radical (unpaired) electrons. The third-order valence-corrected chi connectivity index (χ3v) is 2.06. The van der Waals surface area contributed by atoms with Crippen molar-refractivity contribution < 1.29 is 9.53 Å². The minimum Gasteiger partial charge on any atom is -0.378 e. The summed E-state index contributed by atoms with van der Waals surface area (Å²) < 4.78 is 5.15. The van der Waals surface area contributed by atoms with Crippen LogP contribution < -0.4 is 5.32 Å². The molecule has 0 atom stereocenters. The molecule has 1 saturated heterocycles. The molecule has 0 aromatic heterocycles. The molecule has 1 aliphatic heterocycles. The number of nitrogens with zero attached hydrogens (tertiary/aromatic N) is 1. The van der Waals surface area contributed by atoms with Gasteiger partial charge in [-0.1, -0.05) is 6.92 Å². The van der Waals surface area contributed by atoms with Crippen molar-refractivity contribution in [1.29, 1.82) is 5.41 Å². The van der Waals surface area contributed by atoms with Crippen molar-refractivity contribution in [3.63, 3.8) is 0 Å². The van der Waals surface area contributed by atoms with Gasteiger partial charge < -0.3 is 9.64 Å². The monoisotopic (exact) mass is 199 g/mol. The molecular weight excluding hydrogens is 182 g/mol. The largest absolute Gasteiger partial charge is 0.378 e. The van der Waals surface area contributed by atoms with Crippen LogP contribution in [0.4, 0.5) is 0 Å². The molecule has 2 N–H and O–H groups in total. The van der Waals surface area contributed by atoms with Gasteiger partial charge >= 0.3 is 0 Å². The van der Waals surface area contributed by atoms with Crippen LogP contribution in [-0.2, 0) is 9.53 Å². The van der Waals surface area contributed by atoms with E-state index in [9.17, 15) is 4.79 Å². The molecule has 0 aromatic rings. The fourth-order valence-corrected chi connectivity index (χ4v) is 1.29. The molecule has 1 amide bonds. The fourth-order valence-electron chi connectivity index (χ4n) is 1.29. The SMILES string of the molecule is CCCC(=O)NC(=N)N1CCOCC1. The van der Waals surface area contributed by atoms with Gasteiger partial charge in [0.05, 0.1) is 13.2 Å². The van der Waals surface area contributed by atoms with Crippen molar-refractivity contribution in [1.82, 2.24) is 10.2 Å². The Morgan fingerprint density at radius 2 is 2.14 bits per heavy atom. The van der Waals surface area contributed by atoms with Crippen molar-refractivity contribution in [2.45, 2.75) is 19.8 Å². The number of nitrogens with one attached hydrogen (secondary N) is 2. The summed E-state index contributed by atoms with van der Waals surface area (Å²) in [6.45, 7) is 4.58. The Morgan fingerprint density at radius 1 is 1.50 bits per heavy atom. The van der Waals surface area contributed by atoms with Crippen molar-refractivity contribution >= 4 is 11.9 Å². The highest BCUT2D eigenvalue weighted by atomic mass is 16.5. The Hall–Kier alpha value is -1.10. The van der Waals surface area contributed by atoms with Crippen LogP contribution in [0.25, 0.3) is 0 Å². The number of hydrogen-bond donors (Lipinski definition) is 2. The number of ether oxygens (including phenoxy) is 1. The molecule has 0 aromatic carbocycles. The molecule has 5 nitrogen and oxygen atoms in total. The Balaban J connectivity index is 2.29. The van der Waals surface area contributed by atoms with Gasteiger partial charge in [-0.3, -0.25) is 15.5 Å². The lowest BCUT2D eigenvalue weighted by molar-refractivity contribution is -0.119. The summed E-state index contributed by atoms with van der Waals surface area (Å²) in [5.41, 5.74) is 0. The van der Waals surface area contributed by atoms with Crippen LogP contribution >= 0.6 is 0 Å². The van der Waals surface area contributed by atoms with E-state index >= 15 is 0 Å². The number of morpholine rings is 1. The second-order valence-electron chi connectivity index (χ2n) is 3.25. The third-order valence-electron chi connectivity index (χ3n) is 2.06. The maximum absolute atomic E-state index is 11.2. The maximum Gasteiger partial charge on any atom is 0.226 e. The highest BCUT2D eigenvalue weighted by molar-refractivity contribution is 5.95. The average Bonchev–Trinajstić information content (AvgIpc) is 2.19. The Labute approximate surface area is 83.9 Å². The summed E-state index contributed by atoms with van der Waals surface area (Å²) >= 11 is 0. The lowest BCUT2D eigenvalue weighted by Crippen LogP contribution is -2.48. The van der Waals surface area contributed by atoms with Crippen LogP contribution in [0.5, 0.6) is 0 Å². The predicted octanol–water partition coefficient (Wildman–Crippen LogP) is 0.170. The molecule has 1 heterocycles. The van der Waals surface area contributed by atoms with Crippen LogP contribution in [-0.4, -0.2) is 43.1 Å². The molecule has 5 heteroatoms. The second-order valence-corrected chi connectivity index (χ2v) is 3.25. The Kier molecular flexibility index (Phi) is 4.39. The van der Waals surface area contributed by atoms with E-state index in [-0.39, 0.29) is 11.9 Å². The zero-order valence-electron chi connectivity index (χ0n) is 8.51. The van der Waals surface area contributed by atoms with Crippen molar-refractivity contribution in [2.24, 2.45) is 0 Å². The van der Waals surface area contributed by atoms with E-state index in [0.29, 0.717) is 32.7 Å². The number of carbonyl (C=O) groups is 1. The fraction of sp³-hybridized carbons (Fsp3) is 0.778. The molecule has 80 valence electrons. The van der Waals surface area contributed by atoms with Gasteiger partial charge in [-0.05, 0) is 6.42 Å². The first-order valence-electron chi connectivity index (χ1n) is 4.95. The zero-order chi connectivity index (χ0) is 10.4. The smallest absolute Gasteiger partial charge is 0.226 e. The maximum atomic E-state index is 11.2. The molecule has 0 saturated carbocycles. The highest BCUT2D eigenvalue weighted by Crippen LogP contribution is 1.96. The first-order valence-corrected chi connectivity index (χ1v) is 4.95. The van der Waals surface area contributed by atoms with Crippen LogP contribution in [0.1, 0.15) is 19.8 Å². The number of rotatable bonds is 2. The van der Waals surface area contributed by atoms with Crippen molar-refractivity contribution in [3.05, 3.63) is 0 Å². The molecule has 0 aliphatic carbocycles. The summed E-state index contributed by atoms with van der Waals surface area (Å²) in [5.74, 6) is 0.121. The number of carbonyl (C=O) groups excluding carboxylic acids is 1. The van der Waals surface area contributed by atoms with E-state index in [1.165, 1.54) is 0 Å². The van der Waals surface area contributed by atoms with Gasteiger partial charge in [-0.25, -0.2) is 0 Å². The second kappa shape index (κ2) is 5.59. The highest BCUT2D eigenvalue weighted by Gasteiger charge is 2.14. The van der Waals surface area contributed by atoms with E-state index in [1.54, 1.807) is 0 Å². The lowest BCUT2D eigenvalue weighted by Gasteiger charge is -2.28. The van der Waals surface area contributed by atoms with E-state index in [2.05, 4.69) is 5.32 Å². The van der Waals surface area contributed by atoms with Gasteiger partial charge in [0.2, 0.25) is 5.91 Å². The summed E-state index contributed by atoms with van der Waals surface area (Å²) in [4.78, 5) is 13.0. The Bertz CT molecular complexity index is 212. The normalized spacial score (nSPS) is 16.5. The molecule has 0 spiro atoms. The van der Waals surface area contributed by atoms with Crippen LogP contribution in [0.3, 0.4) is 0 Å². The van der Waals surface area contributed by atoms with E-state index < -0.39 is 0 Å². The van der Waals surface area contributed by atoms with Crippen LogP contribution in [0, 0.1) is 5.41 Å². The molecular formula is C9H17N3O2. The summed E-state index contributed by atoms with van der Waals surface area (Å²) in [6.07, 6.45) is 1.29. The average molecular weight is 199 g/mol. The summed E-state index contributed by atoms with van der Waals surface area (Å²) in [7, 11) is 0. The number of amides is 1. The summed E-state index contributed by atoms with van der Waals surface area (Å²) in [5, 5.41) is 10.2. The Morgan fingerprint density at radius 3 is 2.71 bits per heavy atom. The van der Waals surface area contributed by atoms with Gasteiger partial charge in [0.1, 0.15) is 0 Å². The molecule has 1 rings (SSSR count).